The lowest BCUT2D eigenvalue weighted by molar-refractivity contribution is -0.0157. The molecule has 1 saturated carbocycles. The fraction of sp³-hybridized carbons (Fsp3) is 0.500. The average molecular weight is 348 g/mol. The van der Waals surface area contributed by atoms with Crippen molar-refractivity contribution in [1.29, 1.82) is 0 Å². The normalized spacial score (nSPS) is 30.3. The smallest absolute Gasteiger partial charge is 0.119 e. The van der Waals surface area contributed by atoms with E-state index in [0.717, 1.165) is 18.2 Å². The van der Waals surface area contributed by atoms with Crippen LogP contribution < -0.4 is 4.74 Å². The molecular weight excluding hydrogens is 318 g/mol. The fourth-order valence-electron chi connectivity index (χ4n) is 6.20. The molecule has 0 spiro atoms. The van der Waals surface area contributed by atoms with E-state index >= 15 is 0 Å². The number of fused-ring (bicyclic) bond motifs is 1. The minimum atomic E-state index is 0.401. The van der Waals surface area contributed by atoms with Crippen LogP contribution in [0.25, 0.3) is 0 Å². The molecule has 136 valence electrons. The Bertz CT molecular complexity index is 786. The average Bonchev–Trinajstić information content (AvgIpc) is 2.70. The van der Waals surface area contributed by atoms with Crippen LogP contribution in [-0.2, 0) is 18.4 Å². The number of methoxy groups -OCH3 is 1. The maximum atomic E-state index is 5.58. The Hall–Kier alpha value is -1.80. The third-order valence-electron chi connectivity index (χ3n) is 7.39. The summed E-state index contributed by atoms with van der Waals surface area (Å²) in [6.45, 7) is 2.33. The molecule has 2 nitrogen and oxygen atoms in total. The minimum Gasteiger partial charge on any atom is -0.497 e. The van der Waals surface area contributed by atoms with E-state index in [1.165, 1.54) is 50.6 Å². The molecule has 2 fully saturated rings. The van der Waals surface area contributed by atoms with Crippen LogP contribution in [0.1, 0.15) is 48.8 Å². The van der Waals surface area contributed by atoms with Crippen LogP contribution in [0.5, 0.6) is 5.75 Å². The number of benzene rings is 2. The first-order valence-electron chi connectivity index (χ1n) is 10.3. The summed E-state index contributed by atoms with van der Waals surface area (Å²) in [6, 6.07) is 18.6. The summed E-state index contributed by atoms with van der Waals surface area (Å²) in [4.78, 5) is 2.79. The van der Waals surface area contributed by atoms with Crippen molar-refractivity contribution < 1.29 is 4.74 Å². The first kappa shape index (κ1) is 16.4. The van der Waals surface area contributed by atoms with Crippen LogP contribution in [-0.4, -0.2) is 24.6 Å². The van der Waals surface area contributed by atoms with Gasteiger partial charge in [0.25, 0.3) is 0 Å². The zero-order chi connectivity index (χ0) is 17.6. The Morgan fingerprint density at radius 3 is 2.81 bits per heavy atom. The van der Waals surface area contributed by atoms with E-state index in [-0.39, 0.29) is 0 Å². The SMILES string of the molecule is COc1ccc2c(c1)[C@@]13CCCC[C@H]1[C@H](C2)N(Cc1ccccc1)CC3. The molecule has 2 aromatic carbocycles. The molecule has 1 aliphatic heterocycles. The molecule has 2 bridgehead atoms. The van der Waals surface area contributed by atoms with E-state index in [1.54, 1.807) is 18.2 Å². The Balaban J connectivity index is 1.53. The van der Waals surface area contributed by atoms with Crippen LogP contribution in [0.3, 0.4) is 0 Å². The molecule has 0 aromatic heterocycles. The van der Waals surface area contributed by atoms with Gasteiger partial charge in [0.05, 0.1) is 7.11 Å². The third kappa shape index (κ3) is 2.50. The molecule has 2 aromatic rings. The summed E-state index contributed by atoms with van der Waals surface area (Å²) in [7, 11) is 1.80. The van der Waals surface area contributed by atoms with Crippen LogP contribution >= 0.6 is 0 Å². The second-order valence-corrected chi connectivity index (χ2v) is 8.51. The van der Waals surface area contributed by atoms with Gasteiger partial charge in [-0.3, -0.25) is 4.90 Å². The summed E-state index contributed by atoms with van der Waals surface area (Å²) in [5, 5.41) is 0. The molecule has 3 atom stereocenters. The summed E-state index contributed by atoms with van der Waals surface area (Å²) in [5.41, 5.74) is 5.05. The van der Waals surface area contributed by atoms with E-state index in [9.17, 15) is 0 Å². The highest BCUT2D eigenvalue weighted by Gasteiger charge is 2.53. The molecule has 3 aliphatic rings. The molecule has 0 amide bonds. The Morgan fingerprint density at radius 2 is 1.96 bits per heavy atom. The quantitative estimate of drug-likeness (QED) is 0.778. The molecule has 2 aliphatic carbocycles. The van der Waals surface area contributed by atoms with Gasteiger partial charge in [-0.2, -0.15) is 0 Å². The van der Waals surface area contributed by atoms with Gasteiger partial charge >= 0.3 is 0 Å². The molecule has 2 heteroatoms. The van der Waals surface area contributed by atoms with Gasteiger partial charge in [-0.15, -0.1) is 0 Å². The maximum Gasteiger partial charge on any atom is 0.119 e. The molecule has 1 heterocycles. The Labute approximate surface area is 157 Å². The fourth-order valence-corrected chi connectivity index (χ4v) is 6.20. The predicted molar refractivity (Wildman–Crippen MR) is 106 cm³/mol. The number of nitrogens with zero attached hydrogens (tertiary/aromatic N) is 1. The van der Waals surface area contributed by atoms with Gasteiger partial charge < -0.3 is 4.74 Å². The molecule has 0 unspecified atom stereocenters. The number of rotatable bonds is 3. The maximum absolute atomic E-state index is 5.58. The van der Waals surface area contributed by atoms with E-state index in [2.05, 4.69) is 53.4 Å². The third-order valence-corrected chi connectivity index (χ3v) is 7.39. The van der Waals surface area contributed by atoms with Gasteiger partial charge in [0, 0.05) is 18.0 Å². The topological polar surface area (TPSA) is 12.5 Å². The van der Waals surface area contributed by atoms with Gasteiger partial charge in [-0.05, 0) is 67.0 Å². The van der Waals surface area contributed by atoms with E-state index in [0.29, 0.717) is 11.5 Å². The van der Waals surface area contributed by atoms with Crippen molar-refractivity contribution in [1.82, 2.24) is 4.90 Å². The number of ether oxygens (including phenoxy) is 1. The summed E-state index contributed by atoms with van der Waals surface area (Å²) in [6.07, 6.45) is 8.07. The van der Waals surface area contributed by atoms with E-state index < -0.39 is 0 Å². The molecule has 1 saturated heterocycles. The highest BCUT2D eigenvalue weighted by atomic mass is 16.5. The monoisotopic (exact) mass is 347 g/mol. The highest BCUT2D eigenvalue weighted by Crippen LogP contribution is 2.56. The van der Waals surface area contributed by atoms with Crippen molar-refractivity contribution in [2.24, 2.45) is 5.92 Å². The molecular formula is C24H29NO. The van der Waals surface area contributed by atoms with Gasteiger partial charge in [0.2, 0.25) is 0 Å². The molecule has 0 radical (unpaired) electrons. The molecule has 26 heavy (non-hydrogen) atoms. The van der Waals surface area contributed by atoms with Crippen LogP contribution in [0.4, 0.5) is 0 Å². The van der Waals surface area contributed by atoms with E-state index in [1.807, 2.05) is 0 Å². The Kier molecular flexibility index (Phi) is 4.04. The zero-order valence-corrected chi connectivity index (χ0v) is 15.8. The molecule has 5 rings (SSSR count). The van der Waals surface area contributed by atoms with Crippen molar-refractivity contribution in [3.05, 3.63) is 65.2 Å². The first-order valence-corrected chi connectivity index (χ1v) is 10.3. The summed E-state index contributed by atoms with van der Waals surface area (Å²) in [5.74, 6) is 1.85. The van der Waals surface area contributed by atoms with Gasteiger partial charge in [-0.1, -0.05) is 49.2 Å². The number of hydrogen-bond acceptors (Lipinski definition) is 2. The first-order chi connectivity index (χ1) is 12.8. The lowest BCUT2D eigenvalue weighted by Gasteiger charge is -2.59. The van der Waals surface area contributed by atoms with Crippen molar-refractivity contribution in [2.45, 2.75) is 56.5 Å². The predicted octanol–water partition coefficient (Wildman–Crippen LogP) is 4.95. The van der Waals surface area contributed by atoms with E-state index in [4.69, 9.17) is 4.74 Å². The second kappa shape index (κ2) is 6.42. The van der Waals surface area contributed by atoms with Crippen LogP contribution in [0, 0.1) is 5.92 Å². The van der Waals surface area contributed by atoms with Crippen molar-refractivity contribution in [3.8, 4) is 5.75 Å². The van der Waals surface area contributed by atoms with Crippen molar-refractivity contribution in [3.63, 3.8) is 0 Å². The largest absolute Gasteiger partial charge is 0.497 e. The van der Waals surface area contributed by atoms with Crippen molar-refractivity contribution >= 4 is 0 Å². The van der Waals surface area contributed by atoms with Gasteiger partial charge in [0.15, 0.2) is 0 Å². The second-order valence-electron chi connectivity index (χ2n) is 8.51. The van der Waals surface area contributed by atoms with Crippen molar-refractivity contribution in [2.75, 3.05) is 13.7 Å². The number of hydrogen-bond donors (Lipinski definition) is 0. The van der Waals surface area contributed by atoms with Gasteiger partial charge in [0.1, 0.15) is 5.75 Å². The lowest BCUT2D eigenvalue weighted by Crippen LogP contribution is -2.60. The highest BCUT2D eigenvalue weighted by molar-refractivity contribution is 5.45. The zero-order valence-electron chi connectivity index (χ0n) is 15.8. The standard InChI is InChI=1S/C24H29NO/c1-26-20-11-10-19-15-23-21-9-5-6-12-24(21,22(19)16-20)13-14-25(23)17-18-7-3-2-4-8-18/h2-4,7-8,10-11,16,21,23H,5-6,9,12-15,17H2,1H3/t21-,23-,24+/m0/s1. The summed E-state index contributed by atoms with van der Waals surface area (Å²) < 4.78 is 5.58. The number of piperidine rings is 1. The minimum absolute atomic E-state index is 0.401. The Morgan fingerprint density at radius 1 is 1.08 bits per heavy atom. The number of likely N-dealkylation sites (tertiary alicyclic amines) is 1. The van der Waals surface area contributed by atoms with Crippen LogP contribution in [0.15, 0.2) is 48.5 Å². The molecule has 0 N–H and O–H groups in total. The summed E-state index contributed by atoms with van der Waals surface area (Å²) >= 11 is 0. The lowest BCUT2D eigenvalue weighted by atomic mass is 9.52. The van der Waals surface area contributed by atoms with Crippen LogP contribution in [0.2, 0.25) is 0 Å². The van der Waals surface area contributed by atoms with Gasteiger partial charge in [-0.25, -0.2) is 0 Å².